The molecule has 0 amide bonds. The zero-order chi connectivity index (χ0) is 16.4. The van der Waals surface area contributed by atoms with Crippen molar-refractivity contribution in [2.75, 3.05) is 25.5 Å². The van der Waals surface area contributed by atoms with Crippen LogP contribution in [0.5, 0.6) is 6.01 Å². The molecule has 1 saturated heterocycles. The second kappa shape index (κ2) is 6.45. The molecule has 1 unspecified atom stereocenters. The third-order valence-electron chi connectivity index (χ3n) is 4.32. The molecule has 0 spiro atoms. The predicted octanol–water partition coefficient (Wildman–Crippen LogP) is 2.19. The molecule has 7 nitrogen and oxygen atoms in total. The average molecular weight is 324 g/mol. The Morgan fingerprint density at radius 2 is 2.25 bits per heavy atom. The first-order chi connectivity index (χ1) is 11.8. The Balaban J connectivity index is 1.80. The fraction of sp³-hybridized carbons (Fsp3) is 0.353. The molecule has 7 heteroatoms. The number of anilines is 1. The van der Waals surface area contributed by atoms with E-state index in [9.17, 15) is 0 Å². The maximum Gasteiger partial charge on any atom is 0.316 e. The summed E-state index contributed by atoms with van der Waals surface area (Å²) in [7, 11) is 1.57. The van der Waals surface area contributed by atoms with Crippen LogP contribution in [0.3, 0.4) is 0 Å². The highest BCUT2D eigenvalue weighted by Gasteiger charge is 2.18. The highest BCUT2D eigenvalue weighted by molar-refractivity contribution is 5.97. The van der Waals surface area contributed by atoms with Crippen molar-refractivity contribution in [3.63, 3.8) is 0 Å². The first kappa shape index (κ1) is 14.9. The van der Waals surface area contributed by atoms with Crippen LogP contribution < -0.4 is 15.4 Å². The minimum absolute atomic E-state index is 0.354. The lowest BCUT2D eigenvalue weighted by molar-refractivity contribution is 0.380. The predicted molar refractivity (Wildman–Crippen MR) is 93.2 cm³/mol. The van der Waals surface area contributed by atoms with Crippen molar-refractivity contribution in [1.82, 2.24) is 25.3 Å². The molecule has 0 saturated carbocycles. The van der Waals surface area contributed by atoms with Crippen LogP contribution in [-0.4, -0.2) is 46.2 Å². The number of fused-ring (bicyclic) bond motifs is 1. The third kappa shape index (κ3) is 2.78. The van der Waals surface area contributed by atoms with Crippen LogP contribution in [0, 0.1) is 0 Å². The molecular weight excluding hydrogens is 304 g/mol. The van der Waals surface area contributed by atoms with Crippen LogP contribution in [0.25, 0.3) is 22.3 Å². The fourth-order valence-corrected chi connectivity index (χ4v) is 3.13. The van der Waals surface area contributed by atoms with Gasteiger partial charge >= 0.3 is 6.01 Å². The van der Waals surface area contributed by atoms with E-state index in [1.165, 1.54) is 6.42 Å². The molecular formula is C17H20N6O. The number of nitrogens with zero attached hydrogens (tertiary/aromatic N) is 3. The molecule has 24 heavy (non-hydrogen) atoms. The molecule has 1 fully saturated rings. The minimum atomic E-state index is 0.354. The number of methoxy groups -OCH3 is 1. The first-order valence-corrected chi connectivity index (χ1v) is 8.16. The van der Waals surface area contributed by atoms with Gasteiger partial charge in [0, 0.05) is 42.1 Å². The first-order valence-electron chi connectivity index (χ1n) is 8.16. The van der Waals surface area contributed by atoms with E-state index in [4.69, 9.17) is 4.74 Å². The Kier molecular flexibility index (Phi) is 4.00. The number of ether oxygens (including phenoxy) is 1. The largest absolute Gasteiger partial charge is 0.467 e. The summed E-state index contributed by atoms with van der Waals surface area (Å²) in [6.45, 7) is 2.05. The molecule has 1 aliphatic heterocycles. The van der Waals surface area contributed by atoms with Crippen LogP contribution >= 0.6 is 0 Å². The normalized spacial score (nSPS) is 17.8. The summed E-state index contributed by atoms with van der Waals surface area (Å²) in [6.07, 6.45) is 7.78. The topological polar surface area (TPSA) is 87.8 Å². The van der Waals surface area contributed by atoms with Gasteiger partial charge in [0.05, 0.1) is 18.5 Å². The quantitative estimate of drug-likeness (QED) is 0.682. The highest BCUT2D eigenvalue weighted by Crippen LogP contribution is 2.33. The molecule has 3 N–H and O–H groups in total. The molecule has 0 aliphatic carbocycles. The fourth-order valence-electron chi connectivity index (χ4n) is 3.13. The molecule has 1 aliphatic rings. The molecule has 0 bridgehead atoms. The van der Waals surface area contributed by atoms with Crippen molar-refractivity contribution >= 4 is 16.7 Å². The average Bonchev–Trinajstić information content (AvgIpc) is 3.12. The summed E-state index contributed by atoms with van der Waals surface area (Å²) >= 11 is 0. The summed E-state index contributed by atoms with van der Waals surface area (Å²) in [6, 6.07) is 4.67. The Morgan fingerprint density at radius 3 is 3.08 bits per heavy atom. The van der Waals surface area contributed by atoms with Crippen LogP contribution in [0.15, 0.2) is 30.7 Å². The maximum absolute atomic E-state index is 5.16. The van der Waals surface area contributed by atoms with E-state index < -0.39 is 0 Å². The number of aromatic nitrogens is 4. The van der Waals surface area contributed by atoms with Gasteiger partial charge in [-0.25, -0.2) is 9.97 Å². The number of rotatable bonds is 4. The van der Waals surface area contributed by atoms with E-state index >= 15 is 0 Å². The molecule has 124 valence electrons. The standard InChI is InChI=1S/C17H20N6O/c1-24-17-20-8-5-14(23-17)13-10-21-16-12(4-7-19-16)15(13)22-11-3-2-6-18-9-11/h4-5,7-8,10-11,18H,2-3,6,9H2,1H3,(H2,19,21,22). The summed E-state index contributed by atoms with van der Waals surface area (Å²) in [5.41, 5.74) is 3.67. The van der Waals surface area contributed by atoms with Gasteiger partial charge in [-0.3, -0.25) is 0 Å². The zero-order valence-electron chi connectivity index (χ0n) is 13.5. The van der Waals surface area contributed by atoms with E-state index in [0.717, 1.165) is 47.5 Å². The van der Waals surface area contributed by atoms with Gasteiger partial charge in [-0.15, -0.1) is 0 Å². The number of hydrogen-bond acceptors (Lipinski definition) is 6. The summed E-state index contributed by atoms with van der Waals surface area (Å²) in [4.78, 5) is 16.2. The zero-order valence-corrected chi connectivity index (χ0v) is 13.5. The smallest absolute Gasteiger partial charge is 0.316 e. The highest BCUT2D eigenvalue weighted by atomic mass is 16.5. The Labute approximate surface area is 139 Å². The SMILES string of the molecule is COc1nccc(-c2cnc3[nH]ccc3c2NC2CCCNC2)n1. The van der Waals surface area contributed by atoms with Crippen molar-refractivity contribution in [3.05, 3.63) is 30.7 Å². The number of pyridine rings is 1. The van der Waals surface area contributed by atoms with Crippen molar-refractivity contribution in [2.24, 2.45) is 0 Å². The molecule has 1 atom stereocenters. The summed E-state index contributed by atoms with van der Waals surface area (Å²) in [5, 5.41) is 8.20. The Hall–Kier alpha value is -2.67. The van der Waals surface area contributed by atoms with Crippen molar-refractivity contribution < 1.29 is 4.74 Å². The van der Waals surface area contributed by atoms with E-state index in [1.807, 2.05) is 24.5 Å². The molecule has 3 aromatic rings. The van der Waals surface area contributed by atoms with Gasteiger partial charge in [-0.05, 0) is 31.5 Å². The van der Waals surface area contributed by atoms with Gasteiger partial charge in [-0.1, -0.05) is 0 Å². The van der Waals surface area contributed by atoms with Crippen molar-refractivity contribution in [3.8, 4) is 17.3 Å². The van der Waals surface area contributed by atoms with E-state index in [2.05, 4.69) is 30.6 Å². The lowest BCUT2D eigenvalue weighted by Crippen LogP contribution is -2.38. The van der Waals surface area contributed by atoms with E-state index in [0.29, 0.717) is 12.1 Å². The second-order valence-electron chi connectivity index (χ2n) is 5.90. The lowest BCUT2D eigenvalue weighted by Gasteiger charge is -2.26. The third-order valence-corrected chi connectivity index (χ3v) is 4.32. The van der Waals surface area contributed by atoms with Crippen LogP contribution in [0.1, 0.15) is 12.8 Å². The van der Waals surface area contributed by atoms with Crippen molar-refractivity contribution in [1.29, 1.82) is 0 Å². The summed E-state index contributed by atoms with van der Waals surface area (Å²) in [5.74, 6) is 0. The van der Waals surface area contributed by atoms with Gasteiger partial charge in [0.2, 0.25) is 0 Å². The maximum atomic E-state index is 5.16. The lowest BCUT2D eigenvalue weighted by atomic mass is 10.0. The minimum Gasteiger partial charge on any atom is -0.467 e. The van der Waals surface area contributed by atoms with Gasteiger partial charge < -0.3 is 20.4 Å². The molecule has 4 heterocycles. The number of nitrogens with one attached hydrogen (secondary N) is 3. The summed E-state index contributed by atoms with van der Waals surface area (Å²) < 4.78 is 5.16. The van der Waals surface area contributed by atoms with Crippen molar-refractivity contribution in [2.45, 2.75) is 18.9 Å². The number of piperidine rings is 1. The molecule has 4 rings (SSSR count). The molecule has 3 aromatic heterocycles. The van der Waals surface area contributed by atoms with Gasteiger partial charge in [-0.2, -0.15) is 4.98 Å². The monoisotopic (exact) mass is 324 g/mol. The van der Waals surface area contributed by atoms with E-state index in [1.54, 1.807) is 13.3 Å². The molecule has 0 aromatic carbocycles. The second-order valence-corrected chi connectivity index (χ2v) is 5.90. The Bertz CT molecular complexity index is 840. The number of H-pyrrole nitrogens is 1. The Morgan fingerprint density at radius 1 is 1.29 bits per heavy atom. The van der Waals surface area contributed by atoms with Crippen LogP contribution in [-0.2, 0) is 0 Å². The number of hydrogen-bond donors (Lipinski definition) is 3. The van der Waals surface area contributed by atoms with Crippen LogP contribution in [0.2, 0.25) is 0 Å². The molecule has 0 radical (unpaired) electrons. The number of aromatic amines is 1. The van der Waals surface area contributed by atoms with Gasteiger partial charge in [0.15, 0.2) is 0 Å². The van der Waals surface area contributed by atoms with E-state index in [-0.39, 0.29) is 0 Å². The van der Waals surface area contributed by atoms with Gasteiger partial charge in [0.25, 0.3) is 0 Å². The van der Waals surface area contributed by atoms with Gasteiger partial charge in [0.1, 0.15) is 5.65 Å². The van der Waals surface area contributed by atoms with Crippen LogP contribution in [0.4, 0.5) is 5.69 Å².